The van der Waals surface area contributed by atoms with Gasteiger partial charge in [0.15, 0.2) is 0 Å². The molecule has 41 heavy (non-hydrogen) atoms. The number of carbonyl (C=O) groups excluding carboxylic acids is 2. The molecule has 0 radical (unpaired) electrons. The third-order valence-corrected chi connectivity index (χ3v) is 12.5. The summed E-state index contributed by atoms with van der Waals surface area (Å²) in [5.41, 5.74) is 1.33. The van der Waals surface area contributed by atoms with Crippen LogP contribution < -0.4 is 10.1 Å². The Morgan fingerprint density at radius 1 is 0.976 bits per heavy atom. The molecule has 2 heterocycles. The van der Waals surface area contributed by atoms with E-state index in [2.05, 4.69) is 46.9 Å². The van der Waals surface area contributed by atoms with Crippen molar-refractivity contribution in [3.8, 4) is 5.75 Å². The fourth-order valence-corrected chi connectivity index (χ4v) is 10.5. The summed E-state index contributed by atoms with van der Waals surface area (Å²) in [6.07, 6.45) is 3.19. The van der Waals surface area contributed by atoms with Crippen LogP contribution in [0.3, 0.4) is 0 Å². The summed E-state index contributed by atoms with van der Waals surface area (Å²) in [4.78, 5) is 25.3. The Bertz CT molecular complexity index is 1200. The van der Waals surface area contributed by atoms with Crippen LogP contribution in [-0.2, 0) is 29.5 Å². The molecular weight excluding hydrogens is 538 g/mol. The molecule has 0 unspecified atom stereocenters. The zero-order chi connectivity index (χ0) is 29.8. The molecule has 1 amide bonds. The Hall–Kier alpha value is -2.98. The summed E-state index contributed by atoms with van der Waals surface area (Å²) in [6, 6.07) is 15.3. The van der Waals surface area contributed by atoms with Crippen molar-refractivity contribution in [3.63, 3.8) is 0 Å². The number of hydrogen-bond acceptors (Lipinski definition) is 7. The van der Waals surface area contributed by atoms with Gasteiger partial charge in [0.2, 0.25) is 6.29 Å². The zero-order valence-corrected chi connectivity index (χ0v) is 26.1. The molecule has 2 aromatic carbocycles. The van der Waals surface area contributed by atoms with Crippen LogP contribution in [0.25, 0.3) is 0 Å². The Morgan fingerprint density at radius 2 is 1.63 bits per heavy atom. The first-order chi connectivity index (χ1) is 19.3. The van der Waals surface area contributed by atoms with Crippen LogP contribution >= 0.6 is 0 Å². The lowest BCUT2D eigenvalue weighted by atomic mass is 10.0. The molecule has 0 spiro atoms. The third-order valence-electron chi connectivity index (χ3n) is 7.39. The van der Waals surface area contributed by atoms with Crippen molar-refractivity contribution in [1.29, 1.82) is 0 Å². The van der Waals surface area contributed by atoms with Gasteiger partial charge >= 0.3 is 14.5 Å². The maximum Gasteiger partial charge on any atom is 0.349 e. The average Bonchev–Trinajstić information content (AvgIpc) is 2.92. The molecular formula is C32H43NO7Si. The van der Waals surface area contributed by atoms with Gasteiger partial charge in [0.25, 0.3) is 5.91 Å². The summed E-state index contributed by atoms with van der Waals surface area (Å²) in [5, 5.41) is 2.60. The SMILES string of the molecule is CCOC(=O)[C@H](Cc1ccc(O[C@@H]2C=C[C@@H]3O[Si](C(C)(C)C)(C(C)(C)C)OC[C@H]3O2)cc1)NC(=O)c1ccccc1. The van der Waals surface area contributed by atoms with E-state index in [1.54, 1.807) is 31.2 Å². The molecule has 4 atom stereocenters. The lowest BCUT2D eigenvalue weighted by Gasteiger charge is -2.54. The third kappa shape index (κ3) is 7.09. The number of ether oxygens (including phenoxy) is 3. The highest BCUT2D eigenvalue weighted by Crippen LogP contribution is 2.54. The van der Waals surface area contributed by atoms with Gasteiger partial charge in [-0.25, -0.2) is 4.79 Å². The largest absolute Gasteiger partial charge is 0.464 e. The van der Waals surface area contributed by atoms with Crippen LogP contribution in [0.5, 0.6) is 5.75 Å². The first-order valence-electron chi connectivity index (χ1n) is 14.3. The van der Waals surface area contributed by atoms with Crippen molar-refractivity contribution in [2.45, 2.75) is 89.5 Å². The molecule has 0 aromatic heterocycles. The maximum atomic E-state index is 12.7. The van der Waals surface area contributed by atoms with E-state index in [-0.39, 0.29) is 41.2 Å². The van der Waals surface area contributed by atoms with Gasteiger partial charge in [-0.2, -0.15) is 0 Å². The molecule has 8 nitrogen and oxygen atoms in total. The van der Waals surface area contributed by atoms with Crippen molar-refractivity contribution in [3.05, 3.63) is 77.9 Å². The zero-order valence-electron chi connectivity index (χ0n) is 25.1. The first kappa shape index (κ1) is 31.0. The number of rotatable bonds is 8. The van der Waals surface area contributed by atoms with Crippen LogP contribution in [0.4, 0.5) is 0 Å². The second-order valence-corrected chi connectivity index (χ2v) is 17.3. The van der Waals surface area contributed by atoms with Gasteiger partial charge in [0, 0.05) is 22.1 Å². The predicted molar refractivity (Wildman–Crippen MR) is 159 cm³/mol. The lowest BCUT2D eigenvalue weighted by molar-refractivity contribution is -0.163. The van der Waals surface area contributed by atoms with Crippen LogP contribution in [0.1, 0.15) is 64.4 Å². The summed E-state index contributed by atoms with van der Waals surface area (Å²) in [5.74, 6) is -0.188. The van der Waals surface area contributed by atoms with E-state index in [0.717, 1.165) is 5.56 Å². The Labute approximate surface area is 244 Å². The van der Waals surface area contributed by atoms with E-state index in [9.17, 15) is 9.59 Å². The summed E-state index contributed by atoms with van der Waals surface area (Å²) < 4.78 is 30.8. The van der Waals surface area contributed by atoms with E-state index in [4.69, 9.17) is 23.1 Å². The Kier molecular flexibility index (Phi) is 9.43. The smallest absolute Gasteiger partial charge is 0.349 e. The van der Waals surface area contributed by atoms with E-state index >= 15 is 0 Å². The van der Waals surface area contributed by atoms with Crippen molar-refractivity contribution in [2.75, 3.05) is 13.2 Å². The van der Waals surface area contributed by atoms with Gasteiger partial charge in [-0.3, -0.25) is 4.79 Å². The molecule has 1 N–H and O–H groups in total. The van der Waals surface area contributed by atoms with Crippen LogP contribution in [0.15, 0.2) is 66.7 Å². The average molecular weight is 582 g/mol. The molecule has 0 saturated carbocycles. The monoisotopic (exact) mass is 581 g/mol. The molecule has 9 heteroatoms. The Morgan fingerprint density at radius 3 is 2.24 bits per heavy atom. The molecule has 4 rings (SSSR count). The predicted octanol–water partition coefficient (Wildman–Crippen LogP) is 5.71. The number of esters is 1. The molecule has 0 bridgehead atoms. The minimum absolute atomic E-state index is 0.101. The first-order valence-corrected chi connectivity index (χ1v) is 16.1. The molecule has 222 valence electrons. The van der Waals surface area contributed by atoms with E-state index < -0.39 is 26.9 Å². The highest BCUT2D eigenvalue weighted by atomic mass is 28.4. The van der Waals surface area contributed by atoms with Gasteiger partial charge in [-0.1, -0.05) is 78.0 Å². The number of carbonyl (C=O) groups is 2. The van der Waals surface area contributed by atoms with Crippen molar-refractivity contribution in [1.82, 2.24) is 5.32 Å². The lowest BCUT2D eigenvalue weighted by Crippen LogP contribution is -2.65. The molecule has 2 aromatic rings. The standard InChI is InChI=1S/C32H43NO7Si/c1-8-36-30(35)25(33-29(34)23-12-10-9-11-13-23)20-22-14-16-24(17-15-22)38-28-19-18-26-27(39-28)21-37-41(40-26,31(2,3)4)32(5,6)7/h9-19,25-28H,8,20-21H2,1-7H3,(H,33,34)/t25-,26-,27+,28-/m0/s1. The number of nitrogens with one attached hydrogen (secondary N) is 1. The minimum atomic E-state index is -2.58. The topological polar surface area (TPSA) is 92.3 Å². The van der Waals surface area contributed by atoms with Gasteiger partial charge < -0.3 is 28.4 Å². The Balaban J connectivity index is 1.39. The van der Waals surface area contributed by atoms with E-state index in [1.165, 1.54) is 0 Å². The molecule has 2 aliphatic heterocycles. The van der Waals surface area contributed by atoms with Gasteiger partial charge in [0.05, 0.1) is 19.3 Å². The summed E-state index contributed by atoms with van der Waals surface area (Å²) in [6.45, 7) is 15.6. The quantitative estimate of drug-likeness (QED) is 0.243. The minimum Gasteiger partial charge on any atom is -0.464 e. The maximum absolute atomic E-state index is 12.7. The fraction of sp³-hybridized carbons (Fsp3) is 0.500. The van der Waals surface area contributed by atoms with Crippen LogP contribution in [0.2, 0.25) is 10.1 Å². The molecule has 1 saturated heterocycles. The number of benzene rings is 2. The summed E-state index contributed by atoms with van der Waals surface area (Å²) in [7, 11) is -2.58. The normalized spacial score (nSPS) is 22.8. The summed E-state index contributed by atoms with van der Waals surface area (Å²) >= 11 is 0. The van der Waals surface area contributed by atoms with Gasteiger partial charge in [-0.15, -0.1) is 0 Å². The van der Waals surface area contributed by atoms with Gasteiger partial charge in [-0.05, 0) is 42.8 Å². The second-order valence-electron chi connectivity index (χ2n) is 12.5. The van der Waals surface area contributed by atoms with Crippen molar-refractivity contribution >= 4 is 20.4 Å². The van der Waals surface area contributed by atoms with Crippen molar-refractivity contribution in [2.24, 2.45) is 0 Å². The molecule has 1 fully saturated rings. The highest BCUT2D eigenvalue weighted by molar-refractivity contribution is 6.73. The van der Waals surface area contributed by atoms with E-state index in [1.807, 2.05) is 42.5 Å². The highest BCUT2D eigenvalue weighted by Gasteiger charge is 2.62. The molecule has 0 aliphatic carbocycles. The van der Waals surface area contributed by atoms with Crippen molar-refractivity contribution < 1.29 is 32.7 Å². The van der Waals surface area contributed by atoms with Crippen LogP contribution in [0, 0.1) is 0 Å². The van der Waals surface area contributed by atoms with E-state index in [0.29, 0.717) is 17.9 Å². The van der Waals surface area contributed by atoms with Gasteiger partial charge in [0.1, 0.15) is 17.9 Å². The second kappa shape index (κ2) is 12.5. The molecule has 2 aliphatic rings. The fourth-order valence-electron chi connectivity index (χ4n) is 5.61. The number of amides is 1. The number of hydrogen-bond donors (Lipinski definition) is 1. The van der Waals surface area contributed by atoms with Crippen LogP contribution in [-0.4, -0.2) is 58.2 Å². The number of fused-ring (bicyclic) bond motifs is 1.